The van der Waals surface area contributed by atoms with Gasteiger partial charge in [-0.05, 0) is 44.4 Å². The van der Waals surface area contributed by atoms with E-state index < -0.39 is 5.97 Å². The summed E-state index contributed by atoms with van der Waals surface area (Å²) in [5.74, 6) is -0.897. The van der Waals surface area contributed by atoms with E-state index in [1.54, 1.807) is 6.07 Å². The Morgan fingerprint density at radius 2 is 2.19 bits per heavy atom. The van der Waals surface area contributed by atoms with Crippen LogP contribution in [0.2, 0.25) is 0 Å². The van der Waals surface area contributed by atoms with Gasteiger partial charge in [-0.2, -0.15) is 0 Å². The molecule has 2 N–H and O–H groups in total. The van der Waals surface area contributed by atoms with Gasteiger partial charge in [0, 0.05) is 15.7 Å². The van der Waals surface area contributed by atoms with Crippen LogP contribution in [0.1, 0.15) is 36.5 Å². The maximum atomic E-state index is 11.1. The number of rotatable bonds is 3. The van der Waals surface area contributed by atoms with Crippen LogP contribution in [0, 0.1) is 0 Å². The summed E-state index contributed by atoms with van der Waals surface area (Å²) < 4.78 is 0.786. The van der Waals surface area contributed by atoms with Crippen LogP contribution in [-0.2, 0) is 0 Å². The van der Waals surface area contributed by atoms with Gasteiger partial charge in [-0.3, -0.25) is 0 Å². The number of hydrogen-bond donors (Lipinski definition) is 2. The number of aromatic carboxylic acids is 1. The van der Waals surface area contributed by atoms with Gasteiger partial charge in [-0.15, -0.1) is 0 Å². The first-order valence-electron chi connectivity index (χ1n) is 5.31. The van der Waals surface area contributed by atoms with Gasteiger partial charge < -0.3 is 10.4 Å². The van der Waals surface area contributed by atoms with E-state index in [2.05, 4.69) is 28.2 Å². The molecule has 1 fully saturated rings. The molecule has 0 heterocycles. The number of anilines is 1. The molecular formula is C12H14BrNO2. The Morgan fingerprint density at radius 3 is 2.69 bits per heavy atom. The molecule has 16 heavy (non-hydrogen) atoms. The summed E-state index contributed by atoms with van der Waals surface area (Å²) in [6.07, 6.45) is 3.41. The van der Waals surface area contributed by atoms with Gasteiger partial charge in [0.1, 0.15) is 0 Å². The number of halogens is 1. The van der Waals surface area contributed by atoms with Crippen molar-refractivity contribution in [2.45, 2.75) is 31.7 Å². The molecule has 0 atom stereocenters. The van der Waals surface area contributed by atoms with Crippen molar-refractivity contribution in [1.29, 1.82) is 0 Å². The third-order valence-corrected chi connectivity index (χ3v) is 3.60. The fourth-order valence-electron chi connectivity index (χ4n) is 1.96. The summed E-state index contributed by atoms with van der Waals surface area (Å²) in [5, 5.41) is 12.4. The van der Waals surface area contributed by atoms with Crippen molar-refractivity contribution in [3.05, 3.63) is 28.2 Å². The zero-order valence-corrected chi connectivity index (χ0v) is 10.7. The largest absolute Gasteiger partial charge is 0.478 e. The maximum Gasteiger partial charge on any atom is 0.337 e. The minimum absolute atomic E-state index is 0.0675. The summed E-state index contributed by atoms with van der Waals surface area (Å²) in [4.78, 5) is 11.1. The molecule has 4 heteroatoms. The number of nitrogens with one attached hydrogen (secondary N) is 1. The minimum atomic E-state index is -0.897. The predicted octanol–water partition coefficient (Wildman–Crippen LogP) is 3.50. The fraction of sp³-hybridized carbons (Fsp3) is 0.417. The monoisotopic (exact) mass is 283 g/mol. The lowest BCUT2D eigenvalue weighted by molar-refractivity contribution is 0.0697. The molecule has 2 rings (SSSR count). The number of carboxylic acid groups (broad SMARTS) is 1. The Labute approximate surface area is 103 Å². The number of hydrogen-bond acceptors (Lipinski definition) is 2. The van der Waals surface area contributed by atoms with Crippen molar-refractivity contribution in [3.63, 3.8) is 0 Å². The first-order valence-corrected chi connectivity index (χ1v) is 6.10. The van der Waals surface area contributed by atoms with E-state index in [9.17, 15) is 4.79 Å². The highest BCUT2D eigenvalue weighted by molar-refractivity contribution is 9.10. The highest BCUT2D eigenvalue weighted by atomic mass is 79.9. The lowest BCUT2D eigenvalue weighted by atomic mass is 9.78. The quantitative estimate of drug-likeness (QED) is 0.893. The lowest BCUT2D eigenvalue weighted by Gasteiger charge is -2.40. The molecule has 1 aliphatic rings. The second-order valence-electron chi connectivity index (χ2n) is 4.53. The second kappa shape index (κ2) is 4.09. The first kappa shape index (κ1) is 11.5. The van der Waals surface area contributed by atoms with E-state index >= 15 is 0 Å². The van der Waals surface area contributed by atoms with Gasteiger partial charge in [-0.1, -0.05) is 15.9 Å². The SMILES string of the molecule is CC1(Nc2ccc(Br)cc2C(=O)O)CCC1. The first-order chi connectivity index (χ1) is 7.50. The topological polar surface area (TPSA) is 49.3 Å². The Balaban J connectivity index is 2.29. The molecule has 1 aromatic carbocycles. The van der Waals surface area contributed by atoms with Gasteiger partial charge in [-0.25, -0.2) is 4.79 Å². The molecule has 0 saturated heterocycles. The van der Waals surface area contributed by atoms with Gasteiger partial charge in [0.05, 0.1) is 5.56 Å². The Kier molecular flexibility index (Phi) is 2.93. The highest BCUT2D eigenvalue weighted by Crippen LogP contribution is 2.36. The van der Waals surface area contributed by atoms with E-state index in [4.69, 9.17) is 5.11 Å². The van der Waals surface area contributed by atoms with Gasteiger partial charge in [0.25, 0.3) is 0 Å². The molecule has 0 aliphatic heterocycles. The molecule has 3 nitrogen and oxygen atoms in total. The van der Waals surface area contributed by atoms with Crippen LogP contribution in [0.3, 0.4) is 0 Å². The molecular weight excluding hydrogens is 270 g/mol. The van der Waals surface area contributed by atoms with E-state index in [0.29, 0.717) is 11.3 Å². The van der Waals surface area contributed by atoms with E-state index in [0.717, 1.165) is 17.3 Å². The van der Waals surface area contributed by atoms with Gasteiger partial charge in [0.15, 0.2) is 0 Å². The zero-order valence-electron chi connectivity index (χ0n) is 9.09. The molecule has 1 aliphatic carbocycles. The second-order valence-corrected chi connectivity index (χ2v) is 5.45. The van der Waals surface area contributed by atoms with E-state index in [1.165, 1.54) is 6.42 Å². The molecule has 0 radical (unpaired) electrons. The molecule has 0 unspecified atom stereocenters. The van der Waals surface area contributed by atoms with Gasteiger partial charge >= 0.3 is 5.97 Å². The van der Waals surface area contributed by atoms with Crippen LogP contribution in [0.4, 0.5) is 5.69 Å². The number of carbonyl (C=O) groups is 1. The number of benzene rings is 1. The van der Waals surface area contributed by atoms with Crippen molar-refractivity contribution >= 4 is 27.6 Å². The van der Waals surface area contributed by atoms with Crippen molar-refractivity contribution in [1.82, 2.24) is 0 Å². The molecule has 1 aromatic rings. The highest BCUT2D eigenvalue weighted by Gasteiger charge is 2.32. The Hall–Kier alpha value is -1.03. The normalized spacial score (nSPS) is 17.6. The van der Waals surface area contributed by atoms with Crippen LogP contribution >= 0.6 is 15.9 Å². The van der Waals surface area contributed by atoms with Crippen molar-refractivity contribution < 1.29 is 9.90 Å². The third kappa shape index (κ3) is 2.21. The summed E-state index contributed by atoms with van der Waals surface area (Å²) in [6, 6.07) is 5.31. The molecule has 0 spiro atoms. The Bertz CT molecular complexity index is 427. The average Bonchev–Trinajstić information content (AvgIpc) is 2.18. The van der Waals surface area contributed by atoms with E-state index in [1.807, 2.05) is 12.1 Å². The van der Waals surface area contributed by atoms with Gasteiger partial charge in [0.2, 0.25) is 0 Å². The molecule has 0 amide bonds. The van der Waals surface area contributed by atoms with Crippen LogP contribution < -0.4 is 5.32 Å². The van der Waals surface area contributed by atoms with Crippen molar-refractivity contribution in [2.75, 3.05) is 5.32 Å². The van der Waals surface area contributed by atoms with Crippen molar-refractivity contribution in [2.24, 2.45) is 0 Å². The van der Waals surface area contributed by atoms with Crippen LogP contribution in [0.15, 0.2) is 22.7 Å². The number of carboxylic acids is 1. The minimum Gasteiger partial charge on any atom is -0.478 e. The fourth-order valence-corrected chi connectivity index (χ4v) is 2.32. The average molecular weight is 284 g/mol. The maximum absolute atomic E-state index is 11.1. The zero-order chi connectivity index (χ0) is 11.8. The summed E-state index contributed by atoms with van der Waals surface area (Å²) in [6.45, 7) is 2.13. The summed E-state index contributed by atoms with van der Waals surface area (Å²) >= 11 is 3.28. The van der Waals surface area contributed by atoms with Crippen LogP contribution in [-0.4, -0.2) is 16.6 Å². The standard InChI is InChI=1S/C12H14BrNO2/c1-12(5-2-6-12)14-10-4-3-8(13)7-9(10)11(15)16/h3-4,7,14H,2,5-6H2,1H3,(H,15,16). The Morgan fingerprint density at radius 1 is 1.50 bits per heavy atom. The summed E-state index contributed by atoms with van der Waals surface area (Å²) in [5.41, 5.74) is 1.10. The molecule has 0 bridgehead atoms. The lowest BCUT2D eigenvalue weighted by Crippen LogP contribution is -2.42. The molecule has 86 valence electrons. The predicted molar refractivity (Wildman–Crippen MR) is 67.0 cm³/mol. The molecule has 0 aromatic heterocycles. The van der Waals surface area contributed by atoms with Crippen molar-refractivity contribution in [3.8, 4) is 0 Å². The van der Waals surface area contributed by atoms with Crippen LogP contribution in [0.25, 0.3) is 0 Å². The van der Waals surface area contributed by atoms with E-state index in [-0.39, 0.29) is 5.54 Å². The summed E-state index contributed by atoms with van der Waals surface area (Å²) in [7, 11) is 0. The smallest absolute Gasteiger partial charge is 0.337 e. The van der Waals surface area contributed by atoms with Crippen LogP contribution in [0.5, 0.6) is 0 Å². The molecule has 1 saturated carbocycles. The third-order valence-electron chi connectivity index (χ3n) is 3.11.